The molecule has 0 N–H and O–H groups in total. The van der Waals surface area contributed by atoms with E-state index in [2.05, 4.69) is 6.58 Å². The van der Waals surface area contributed by atoms with E-state index in [1.54, 1.807) is 11.7 Å². The Labute approximate surface area is 123 Å². The van der Waals surface area contributed by atoms with Gasteiger partial charge in [-0.25, -0.2) is 0 Å². The highest BCUT2D eigenvalue weighted by molar-refractivity contribution is 6.02. The van der Waals surface area contributed by atoms with E-state index in [9.17, 15) is 4.79 Å². The lowest BCUT2D eigenvalue weighted by atomic mass is 10.1. The van der Waals surface area contributed by atoms with E-state index < -0.39 is 0 Å². The smallest absolute Gasteiger partial charge is 0.254 e. The number of benzene rings is 2. The molecule has 3 heteroatoms. The average molecular weight is 277 g/mol. The maximum Gasteiger partial charge on any atom is 0.254 e. The fourth-order valence-corrected chi connectivity index (χ4v) is 2.47. The molecule has 0 aliphatic heterocycles. The zero-order valence-electron chi connectivity index (χ0n) is 11.7. The number of fused-ring (bicyclic) bond motifs is 1. The summed E-state index contributed by atoms with van der Waals surface area (Å²) in [5.74, 6) is 0.624. The Hall–Kier alpha value is -2.81. The summed E-state index contributed by atoms with van der Waals surface area (Å²) < 4.78 is 6.93. The van der Waals surface area contributed by atoms with E-state index in [-0.39, 0.29) is 5.91 Å². The summed E-state index contributed by atoms with van der Waals surface area (Å²) in [5.41, 5.74) is 2.69. The van der Waals surface area contributed by atoms with Crippen LogP contribution in [0, 0.1) is 0 Å². The third-order valence-corrected chi connectivity index (χ3v) is 3.47. The van der Waals surface area contributed by atoms with Crippen LogP contribution >= 0.6 is 0 Å². The number of hydrogen-bond donors (Lipinski definition) is 0. The first-order valence-corrected chi connectivity index (χ1v) is 6.66. The van der Waals surface area contributed by atoms with Crippen LogP contribution in [0.2, 0.25) is 0 Å². The molecule has 3 aromatic rings. The predicted molar refractivity (Wildman–Crippen MR) is 84.7 cm³/mol. The molecule has 104 valence electrons. The highest BCUT2D eigenvalue weighted by Crippen LogP contribution is 2.30. The van der Waals surface area contributed by atoms with Crippen LogP contribution in [-0.4, -0.2) is 17.6 Å². The lowest BCUT2D eigenvalue weighted by Gasteiger charge is -2.07. The van der Waals surface area contributed by atoms with E-state index in [0.29, 0.717) is 0 Å². The van der Waals surface area contributed by atoms with Gasteiger partial charge in [0.15, 0.2) is 0 Å². The minimum Gasteiger partial charge on any atom is -0.497 e. The van der Waals surface area contributed by atoms with Gasteiger partial charge in [0.2, 0.25) is 0 Å². The van der Waals surface area contributed by atoms with Gasteiger partial charge in [0, 0.05) is 5.39 Å². The lowest BCUT2D eigenvalue weighted by molar-refractivity contribution is 0.0976. The van der Waals surface area contributed by atoms with Gasteiger partial charge in [-0.1, -0.05) is 36.9 Å². The first-order valence-electron chi connectivity index (χ1n) is 6.66. The van der Waals surface area contributed by atoms with E-state index >= 15 is 0 Å². The third-order valence-electron chi connectivity index (χ3n) is 3.47. The molecule has 0 fully saturated rings. The van der Waals surface area contributed by atoms with Crippen molar-refractivity contribution in [3.05, 3.63) is 67.3 Å². The average Bonchev–Trinajstić information content (AvgIpc) is 2.93. The minimum atomic E-state index is -0.144. The number of rotatable bonds is 3. The van der Waals surface area contributed by atoms with Crippen molar-refractivity contribution < 1.29 is 9.53 Å². The van der Waals surface area contributed by atoms with Crippen molar-refractivity contribution in [2.24, 2.45) is 0 Å². The van der Waals surface area contributed by atoms with Crippen LogP contribution in [0.4, 0.5) is 0 Å². The van der Waals surface area contributed by atoms with Crippen molar-refractivity contribution in [3.8, 4) is 17.0 Å². The normalized spacial score (nSPS) is 10.5. The summed E-state index contributed by atoms with van der Waals surface area (Å²) >= 11 is 0. The highest BCUT2D eigenvalue weighted by atomic mass is 16.5. The Bertz CT molecular complexity index is 816. The summed E-state index contributed by atoms with van der Waals surface area (Å²) in [6.45, 7) is 3.60. The van der Waals surface area contributed by atoms with E-state index in [1.807, 2.05) is 54.6 Å². The van der Waals surface area contributed by atoms with Crippen LogP contribution in [0.25, 0.3) is 22.2 Å². The minimum absolute atomic E-state index is 0.144. The molecule has 0 bridgehead atoms. The number of aromatic nitrogens is 1. The van der Waals surface area contributed by atoms with E-state index in [0.717, 1.165) is 27.9 Å². The second-order valence-corrected chi connectivity index (χ2v) is 4.70. The fraction of sp³-hybridized carbons (Fsp3) is 0.0556. The number of ether oxygens (including phenoxy) is 1. The number of allylic oxidation sites excluding steroid dienone is 1. The van der Waals surface area contributed by atoms with Gasteiger partial charge in [-0.05, 0) is 35.9 Å². The van der Waals surface area contributed by atoms with Crippen LogP contribution in [-0.2, 0) is 0 Å². The monoisotopic (exact) mass is 277 g/mol. The van der Waals surface area contributed by atoms with Gasteiger partial charge in [0.05, 0.1) is 18.3 Å². The van der Waals surface area contributed by atoms with Gasteiger partial charge in [-0.2, -0.15) is 0 Å². The maximum absolute atomic E-state index is 12.3. The molecule has 3 nitrogen and oxygen atoms in total. The first-order chi connectivity index (χ1) is 10.2. The Morgan fingerprint density at radius 2 is 1.90 bits per heavy atom. The van der Waals surface area contributed by atoms with Gasteiger partial charge in [0.1, 0.15) is 5.75 Å². The molecule has 0 saturated heterocycles. The zero-order valence-corrected chi connectivity index (χ0v) is 11.7. The van der Waals surface area contributed by atoms with Crippen molar-refractivity contribution in [2.45, 2.75) is 0 Å². The van der Waals surface area contributed by atoms with Crippen molar-refractivity contribution in [3.63, 3.8) is 0 Å². The van der Waals surface area contributed by atoms with Gasteiger partial charge in [-0.3, -0.25) is 9.36 Å². The highest BCUT2D eigenvalue weighted by Gasteiger charge is 2.14. The van der Waals surface area contributed by atoms with Crippen molar-refractivity contribution in [1.29, 1.82) is 0 Å². The fourth-order valence-electron chi connectivity index (χ4n) is 2.47. The SMILES string of the molecule is C=CC(=O)n1c(-c2ccccc2)cc2cc(OC)ccc21. The molecule has 0 radical (unpaired) electrons. The molecule has 1 aromatic heterocycles. The van der Waals surface area contributed by atoms with E-state index in [1.165, 1.54) is 6.08 Å². The molecule has 0 atom stereocenters. The maximum atomic E-state index is 12.3. The number of nitrogens with zero attached hydrogens (tertiary/aromatic N) is 1. The molecule has 21 heavy (non-hydrogen) atoms. The van der Waals surface area contributed by atoms with Crippen LogP contribution < -0.4 is 4.74 Å². The van der Waals surface area contributed by atoms with Crippen LogP contribution in [0.15, 0.2) is 67.3 Å². The molecular formula is C18H15NO2. The second kappa shape index (κ2) is 5.29. The Balaban J connectivity index is 2.32. The van der Waals surface area contributed by atoms with Crippen LogP contribution in [0.5, 0.6) is 5.75 Å². The molecule has 1 heterocycles. The van der Waals surface area contributed by atoms with E-state index in [4.69, 9.17) is 4.74 Å². The second-order valence-electron chi connectivity index (χ2n) is 4.70. The molecule has 0 aliphatic rings. The molecule has 2 aromatic carbocycles. The first kappa shape index (κ1) is 13.2. The third kappa shape index (κ3) is 2.23. The van der Waals surface area contributed by atoms with Crippen LogP contribution in [0.1, 0.15) is 4.79 Å². The molecule has 0 spiro atoms. The number of carbonyl (C=O) groups is 1. The van der Waals surface area contributed by atoms with Crippen molar-refractivity contribution >= 4 is 16.8 Å². The Morgan fingerprint density at radius 3 is 2.57 bits per heavy atom. The summed E-state index contributed by atoms with van der Waals surface area (Å²) in [4.78, 5) is 12.3. The lowest BCUT2D eigenvalue weighted by Crippen LogP contribution is -2.08. The standard InChI is InChI=1S/C18H15NO2/c1-3-18(20)19-16-10-9-15(21-2)11-14(16)12-17(19)13-7-5-4-6-8-13/h3-12H,1H2,2H3. The van der Waals surface area contributed by atoms with Gasteiger partial charge < -0.3 is 4.74 Å². The molecular weight excluding hydrogens is 262 g/mol. The molecule has 3 rings (SSSR count). The summed E-state index contributed by atoms with van der Waals surface area (Å²) in [6, 6.07) is 17.5. The Morgan fingerprint density at radius 1 is 1.14 bits per heavy atom. The van der Waals surface area contributed by atoms with Crippen LogP contribution in [0.3, 0.4) is 0 Å². The zero-order chi connectivity index (χ0) is 14.8. The molecule has 0 amide bonds. The quantitative estimate of drug-likeness (QED) is 0.674. The molecule has 0 aliphatic carbocycles. The largest absolute Gasteiger partial charge is 0.497 e. The molecule has 0 unspecified atom stereocenters. The van der Waals surface area contributed by atoms with Gasteiger partial charge >= 0.3 is 0 Å². The summed E-state index contributed by atoms with van der Waals surface area (Å²) in [7, 11) is 1.63. The number of methoxy groups -OCH3 is 1. The topological polar surface area (TPSA) is 31.2 Å². The van der Waals surface area contributed by atoms with Crippen molar-refractivity contribution in [2.75, 3.05) is 7.11 Å². The summed E-state index contributed by atoms with van der Waals surface area (Å²) in [5, 5.41) is 0.961. The Kier molecular flexibility index (Phi) is 3.32. The van der Waals surface area contributed by atoms with Gasteiger partial charge in [0.25, 0.3) is 5.91 Å². The number of carbonyl (C=O) groups excluding carboxylic acids is 1. The summed E-state index contributed by atoms with van der Waals surface area (Å²) in [6.07, 6.45) is 1.33. The predicted octanol–water partition coefficient (Wildman–Crippen LogP) is 4.14. The van der Waals surface area contributed by atoms with Crippen molar-refractivity contribution in [1.82, 2.24) is 4.57 Å². The van der Waals surface area contributed by atoms with Gasteiger partial charge in [-0.15, -0.1) is 0 Å². The number of hydrogen-bond acceptors (Lipinski definition) is 2. The molecule has 0 saturated carbocycles.